The molecule has 7 rings (SSSR count). The van der Waals surface area contributed by atoms with E-state index in [0.29, 0.717) is 19.0 Å². The molecule has 38 heavy (non-hydrogen) atoms. The molecule has 1 saturated heterocycles. The summed E-state index contributed by atoms with van der Waals surface area (Å²) in [4.78, 5) is 23.8. The zero-order valence-corrected chi connectivity index (χ0v) is 22.4. The molecule has 2 amide bonds. The molecule has 0 radical (unpaired) electrons. The lowest BCUT2D eigenvalue weighted by molar-refractivity contribution is 0.160. The number of aromatic nitrogens is 3. The van der Waals surface area contributed by atoms with Crippen molar-refractivity contribution in [1.82, 2.24) is 30.3 Å². The highest BCUT2D eigenvalue weighted by atomic mass is 32.1. The second kappa shape index (κ2) is 9.71. The summed E-state index contributed by atoms with van der Waals surface area (Å²) in [6.45, 7) is 6.03. The monoisotopic (exact) mass is 528 g/mol. The van der Waals surface area contributed by atoms with Crippen molar-refractivity contribution in [2.75, 3.05) is 19.6 Å². The lowest BCUT2D eigenvalue weighted by Crippen LogP contribution is -2.52. The summed E-state index contributed by atoms with van der Waals surface area (Å²) in [7, 11) is 0. The number of hydrogen-bond donors (Lipinski definition) is 2. The van der Waals surface area contributed by atoms with Gasteiger partial charge in [-0.05, 0) is 66.9 Å². The molecular formula is C29H32N6O2S. The van der Waals surface area contributed by atoms with E-state index in [9.17, 15) is 4.79 Å². The highest BCUT2D eigenvalue weighted by Crippen LogP contribution is 2.32. The van der Waals surface area contributed by atoms with Crippen molar-refractivity contribution in [1.29, 1.82) is 0 Å². The number of carbonyl (C=O) groups excluding carboxylic acids is 1. The number of aryl methyl sites for hydroxylation is 2. The van der Waals surface area contributed by atoms with Crippen molar-refractivity contribution in [3.05, 3.63) is 62.8 Å². The van der Waals surface area contributed by atoms with Gasteiger partial charge in [0, 0.05) is 60.7 Å². The molecule has 1 unspecified atom stereocenters. The van der Waals surface area contributed by atoms with E-state index < -0.39 is 0 Å². The van der Waals surface area contributed by atoms with Crippen LogP contribution in [-0.4, -0.2) is 56.7 Å². The molecule has 0 bridgehead atoms. The van der Waals surface area contributed by atoms with Gasteiger partial charge in [-0.15, -0.1) is 11.3 Å². The van der Waals surface area contributed by atoms with E-state index >= 15 is 0 Å². The Bertz CT molecular complexity index is 1530. The standard InChI is InChI=1S/C29H32N6O2S/c1-18-30-25-13-19(8-9-26(25)37-18)28-23-16-35(12-10-24(23)32-33-28)29(36)31-21-5-4-11-34(15-21)14-20-17-38-27-7-3-2-6-22(20)27/h2,6,8-9,13,17,21H,3-5,7,10-12,14-16H2,1H3,(H,31,36)(H,32,33). The minimum atomic E-state index is 0.0214. The third kappa shape index (κ3) is 4.43. The molecule has 2 aliphatic heterocycles. The van der Waals surface area contributed by atoms with Gasteiger partial charge in [0.15, 0.2) is 11.5 Å². The molecule has 3 aliphatic rings. The number of likely N-dealkylation sites (tertiary alicyclic amines) is 1. The summed E-state index contributed by atoms with van der Waals surface area (Å²) >= 11 is 1.90. The van der Waals surface area contributed by atoms with Gasteiger partial charge < -0.3 is 14.6 Å². The van der Waals surface area contributed by atoms with Gasteiger partial charge in [-0.1, -0.05) is 12.2 Å². The quantitative estimate of drug-likeness (QED) is 0.376. The minimum Gasteiger partial charge on any atom is -0.441 e. The third-order valence-electron chi connectivity index (χ3n) is 8.03. The molecule has 3 aromatic heterocycles. The molecular weight excluding hydrogens is 496 g/mol. The van der Waals surface area contributed by atoms with Crippen molar-refractivity contribution in [3.63, 3.8) is 0 Å². The van der Waals surface area contributed by atoms with Crippen LogP contribution in [0.15, 0.2) is 34.1 Å². The highest BCUT2D eigenvalue weighted by Gasteiger charge is 2.29. The summed E-state index contributed by atoms with van der Waals surface area (Å²) in [6.07, 6.45) is 9.81. The first-order valence-corrected chi connectivity index (χ1v) is 14.5. The minimum absolute atomic E-state index is 0.0214. The number of benzene rings is 1. The SMILES string of the molecule is Cc1nc2cc(-c3n[nH]c4c3CN(C(=O)NC3CCCN(Cc5csc6c5C=CCC6)C3)CC4)ccc2o1. The van der Waals surface area contributed by atoms with E-state index in [1.807, 2.05) is 41.4 Å². The maximum atomic E-state index is 13.4. The van der Waals surface area contributed by atoms with Crippen LogP contribution in [0.2, 0.25) is 0 Å². The number of hydrogen-bond acceptors (Lipinski definition) is 6. The van der Waals surface area contributed by atoms with Crippen molar-refractivity contribution in [3.8, 4) is 11.3 Å². The summed E-state index contributed by atoms with van der Waals surface area (Å²) in [5.41, 5.74) is 8.53. The first-order valence-electron chi connectivity index (χ1n) is 13.6. The van der Waals surface area contributed by atoms with Crippen molar-refractivity contribution in [2.24, 2.45) is 0 Å². The second-order valence-electron chi connectivity index (χ2n) is 10.7. The van der Waals surface area contributed by atoms with Crippen molar-refractivity contribution in [2.45, 2.75) is 58.2 Å². The molecule has 5 heterocycles. The molecule has 9 heteroatoms. The number of amides is 2. The fourth-order valence-corrected chi connectivity index (χ4v) is 7.15. The van der Waals surface area contributed by atoms with Crippen LogP contribution in [0.4, 0.5) is 4.79 Å². The summed E-state index contributed by atoms with van der Waals surface area (Å²) in [6, 6.07) is 6.16. The van der Waals surface area contributed by atoms with Gasteiger partial charge in [-0.2, -0.15) is 5.10 Å². The summed E-state index contributed by atoms with van der Waals surface area (Å²) in [5, 5.41) is 13.5. The first kappa shape index (κ1) is 23.7. The fraction of sp³-hybridized carbons (Fsp3) is 0.414. The topological polar surface area (TPSA) is 90.3 Å². The van der Waals surface area contributed by atoms with E-state index in [4.69, 9.17) is 4.42 Å². The van der Waals surface area contributed by atoms with Gasteiger partial charge in [0.25, 0.3) is 0 Å². The predicted molar refractivity (Wildman–Crippen MR) is 149 cm³/mol. The van der Waals surface area contributed by atoms with Crippen molar-refractivity contribution >= 4 is 34.5 Å². The number of nitrogens with one attached hydrogen (secondary N) is 2. The molecule has 1 aliphatic carbocycles. The Morgan fingerprint density at radius 2 is 2.24 bits per heavy atom. The van der Waals surface area contributed by atoms with Crippen LogP contribution in [0.25, 0.3) is 28.4 Å². The second-order valence-corrected chi connectivity index (χ2v) is 11.6. The molecule has 1 fully saturated rings. The number of thiophene rings is 1. The zero-order valence-electron chi connectivity index (χ0n) is 21.6. The molecule has 8 nitrogen and oxygen atoms in total. The lowest BCUT2D eigenvalue weighted by atomic mass is 10.0. The normalized spacial score (nSPS) is 19.5. The number of aromatic amines is 1. The number of piperidine rings is 1. The van der Waals surface area contributed by atoms with E-state index in [-0.39, 0.29) is 12.1 Å². The lowest BCUT2D eigenvalue weighted by Gasteiger charge is -2.35. The van der Waals surface area contributed by atoms with Gasteiger partial charge in [0.1, 0.15) is 5.52 Å². The zero-order chi connectivity index (χ0) is 25.6. The number of carbonyl (C=O) groups is 1. The Hall–Kier alpha value is -3.43. The maximum Gasteiger partial charge on any atom is 0.317 e. The number of fused-ring (bicyclic) bond motifs is 3. The van der Waals surface area contributed by atoms with Crippen LogP contribution in [0.5, 0.6) is 0 Å². The molecule has 1 atom stereocenters. The number of oxazole rings is 1. The van der Waals surface area contributed by atoms with E-state index in [2.05, 4.69) is 42.9 Å². The Kier molecular flexibility index (Phi) is 6.05. The van der Waals surface area contributed by atoms with Gasteiger partial charge in [-0.3, -0.25) is 10.00 Å². The molecule has 2 N–H and O–H groups in total. The number of H-pyrrole nitrogens is 1. The number of allylic oxidation sites excluding steroid dienone is 1. The Morgan fingerprint density at radius 1 is 1.29 bits per heavy atom. The summed E-state index contributed by atoms with van der Waals surface area (Å²) < 4.78 is 5.63. The van der Waals surface area contributed by atoms with Crippen LogP contribution >= 0.6 is 11.3 Å². The Labute approximate surface area is 225 Å². The van der Waals surface area contributed by atoms with Crippen LogP contribution < -0.4 is 5.32 Å². The van der Waals surface area contributed by atoms with Crippen LogP contribution in [0.3, 0.4) is 0 Å². The number of nitrogens with zero attached hydrogens (tertiary/aromatic N) is 4. The van der Waals surface area contributed by atoms with Gasteiger partial charge in [0.2, 0.25) is 0 Å². The third-order valence-corrected chi connectivity index (χ3v) is 9.14. The number of urea groups is 1. The molecule has 196 valence electrons. The molecule has 4 aromatic rings. The van der Waals surface area contributed by atoms with Crippen LogP contribution in [0, 0.1) is 6.92 Å². The van der Waals surface area contributed by atoms with E-state index in [0.717, 1.165) is 78.9 Å². The molecule has 1 aromatic carbocycles. The average Bonchev–Trinajstić information content (AvgIpc) is 3.64. The van der Waals surface area contributed by atoms with Gasteiger partial charge in [0.05, 0.1) is 12.2 Å². The fourth-order valence-electron chi connectivity index (χ4n) is 6.10. The largest absolute Gasteiger partial charge is 0.441 e. The number of rotatable bonds is 4. The maximum absolute atomic E-state index is 13.4. The van der Waals surface area contributed by atoms with Crippen molar-refractivity contribution < 1.29 is 9.21 Å². The van der Waals surface area contributed by atoms with Crippen LogP contribution in [-0.2, 0) is 25.9 Å². The van der Waals surface area contributed by atoms with Crippen LogP contribution in [0.1, 0.15) is 52.4 Å². The Morgan fingerprint density at radius 3 is 3.18 bits per heavy atom. The predicted octanol–water partition coefficient (Wildman–Crippen LogP) is 5.28. The molecule has 0 saturated carbocycles. The smallest absolute Gasteiger partial charge is 0.317 e. The highest BCUT2D eigenvalue weighted by molar-refractivity contribution is 7.10. The van der Waals surface area contributed by atoms with Gasteiger partial charge >= 0.3 is 6.03 Å². The molecule has 0 spiro atoms. The summed E-state index contributed by atoms with van der Waals surface area (Å²) in [5.74, 6) is 0.650. The average molecular weight is 529 g/mol. The first-order chi connectivity index (χ1) is 18.6. The van der Waals surface area contributed by atoms with Gasteiger partial charge in [-0.25, -0.2) is 9.78 Å². The van der Waals surface area contributed by atoms with E-state index in [1.54, 1.807) is 0 Å². The Balaban J connectivity index is 1.01. The van der Waals surface area contributed by atoms with E-state index in [1.165, 1.54) is 22.4 Å².